The van der Waals surface area contributed by atoms with Crippen molar-refractivity contribution in [3.63, 3.8) is 0 Å². The number of sulfone groups is 1. The van der Waals surface area contributed by atoms with Crippen molar-refractivity contribution in [3.05, 3.63) is 30.3 Å². The smallest absolute Gasteiger partial charge is 0.193 e. The summed E-state index contributed by atoms with van der Waals surface area (Å²) < 4.78 is 24.5. The molecule has 1 fully saturated rings. The number of aliphatic imine (C=N–C) groups is 1. The minimum absolute atomic E-state index is 0.147. The number of benzene rings is 1. The van der Waals surface area contributed by atoms with Crippen LogP contribution in [-0.2, 0) is 9.84 Å². The Morgan fingerprint density at radius 3 is 2.79 bits per heavy atom. The first-order valence-corrected chi connectivity index (χ1v) is 11.1. The SMILES string of the molecule is CCC1CN(C(=NC)NCCCS(=O)(=O)c2ccccc2)CCS1. The molecule has 0 bridgehead atoms. The van der Waals surface area contributed by atoms with Crippen LogP contribution < -0.4 is 5.32 Å². The highest BCUT2D eigenvalue weighted by atomic mass is 32.2. The highest BCUT2D eigenvalue weighted by Crippen LogP contribution is 2.21. The van der Waals surface area contributed by atoms with Gasteiger partial charge in [0.15, 0.2) is 15.8 Å². The zero-order chi connectivity index (χ0) is 17.4. The van der Waals surface area contributed by atoms with E-state index in [1.165, 1.54) is 0 Å². The monoisotopic (exact) mass is 369 g/mol. The standard InChI is InChI=1S/C17H27N3O2S2/c1-3-15-14-20(11-12-23-15)17(18-2)19-10-7-13-24(21,22)16-8-5-4-6-9-16/h4-6,8-9,15H,3,7,10-14H2,1-2H3,(H,18,19). The molecule has 1 heterocycles. The summed E-state index contributed by atoms with van der Waals surface area (Å²) in [6.45, 7) is 4.82. The molecule has 0 spiro atoms. The third kappa shape index (κ3) is 5.41. The van der Waals surface area contributed by atoms with Crippen LogP contribution in [0.1, 0.15) is 19.8 Å². The predicted molar refractivity (Wildman–Crippen MR) is 103 cm³/mol. The van der Waals surface area contributed by atoms with Crippen LogP contribution in [0.3, 0.4) is 0 Å². The topological polar surface area (TPSA) is 61.8 Å². The average molecular weight is 370 g/mol. The fourth-order valence-corrected chi connectivity index (χ4v) is 5.21. The number of hydrogen-bond donors (Lipinski definition) is 1. The van der Waals surface area contributed by atoms with Gasteiger partial charge >= 0.3 is 0 Å². The van der Waals surface area contributed by atoms with Crippen molar-refractivity contribution in [1.29, 1.82) is 0 Å². The molecule has 1 aromatic rings. The number of nitrogens with zero attached hydrogens (tertiary/aromatic N) is 2. The molecule has 7 heteroatoms. The second-order valence-corrected chi connectivity index (χ2v) is 9.32. The van der Waals surface area contributed by atoms with E-state index in [4.69, 9.17) is 0 Å². The molecule has 0 aliphatic carbocycles. The predicted octanol–water partition coefficient (Wildman–Crippen LogP) is 2.25. The van der Waals surface area contributed by atoms with E-state index in [9.17, 15) is 8.42 Å². The van der Waals surface area contributed by atoms with Gasteiger partial charge in [-0.1, -0.05) is 25.1 Å². The number of thioether (sulfide) groups is 1. The number of rotatable bonds is 6. The fraction of sp³-hybridized carbons (Fsp3) is 0.588. The average Bonchev–Trinajstić information content (AvgIpc) is 2.62. The summed E-state index contributed by atoms with van der Waals surface area (Å²) in [4.78, 5) is 7.02. The van der Waals surface area contributed by atoms with Crippen molar-refractivity contribution in [2.24, 2.45) is 4.99 Å². The van der Waals surface area contributed by atoms with Crippen LogP contribution in [-0.4, -0.2) is 62.7 Å². The molecule has 2 rings (SSSR count). The first-order valence-electron chi connectivity index (χ1n) is 8.42. The summed E-state index contributed by atoms with van der Waals surface area (Å²) in [5.74, 6) is 2.14. The van der Waals surface area contributed by atoms with Gasteiger partial charge in [0.05, 0.1) is 10.6 Å². The first kappa shape index (κ1) is 19.1. The van der Waals surface area contributed by atoms with Crippen LogP contribution in [0.25, 0.3) is 0 Å². The molecule has 1 saturated heterocycles. The molecule has 24 heavy (non-hydrogen) atoms. The molecule has 1 aliphatic heterocycles. The number of hydrogen-bond acceptors (Lipinski definition) is 4. The molecular weight excluding hydrogens is 342 g/mol. The van der Waals surface area contributed by atoms with E-state index >= 15 is 0 Å². The van der Waals surface area contributed by atoms with E-state index in [0.29, 0.717) is 23.1 Å². The Morgan fingerprint density at radius 2 is 2.12 bits per heavy atom. The maximum atomic E-state index is 12.3. The van der Waals surface area contributed by atoms with Gasteiger partial charge in [0.2, 0.25) is 0 Å². The van der Waals surface area contributed by atoms with Crippen LogP contribution in [0.15, 0.2) is 40.2 Å². The Balaban J connectivity index is 1.80. The van der Waals surface area contributed by atoms with Gasteiger partial charge in [-0.3, -0.25) is 4.99 Å². The lowest BCUT2D eigenvalue weighted by Gasteiger charge is -2.34. The van der Waals surface area contributed by atoms with Crippen molar-refractivity contribution < 1.29 is 8.42 Å². The maximum absolute atomic E-state index is 12.3. The van der Waals surface area contributed by atoms with E-state index < -0.39 is 9.84 Å². The summed E-state index contributed by atoms with van der Waals surface area (Å²) in [6, 6.07) is 8.64. The van der Waals surface area contributed by atoms with Crippen LogP contribution in [0.2, 0.25) is 0 Å². The van der Waals surface area contributed by atoms with Crippen molar-refractivity contribution in [2.75, 3.05) is 38.2 Å². The second-order valence-electron chi connectivity index (χ2n) is 5.81. The molecule has 5 nitrogen and oxygen atoms in total. The van der Waals surface area contributed by atoms with E-state index in [2.05, 4.69) is 22.1 Å². The van der Waals surface area contributed by atoms with E-state index in [1.54, 1.807) is 31.3 Å². The van der Waals surface area contributed by atoms with Crippen LogP contribution >= 0.6 is 11.8 Å². The lowest BCUT2D eigenvalue weighted by Crippen LogP contribution is -2.48. The van der Waals surface area contributed by atoms with Gasteiger partial charge in [0, 0.05) is 37.7 Å². The minimum Gasteiger partial charge on any atom is -0.356 e. The number of guanidine groups is 1. The largest absolute Gasteiger partial charge is 0.356 e. The molecule has 1 N–H and O–H groups in total. The van der Waals surface area contributed by atoms with Gasteiger partial charge in [-0.15, -0.1) is 0 Å². The van der Waals surface area contributed by atoms with Crippen LogP contribution in [0.5, 0.6) is 0 Å². The summed E-state index contributed by atoms with van der Waals surface area (Å²) in [5, 5.41) is 3.96. The van der Waals surface area contributed by atoms with Crippen LogP contribution in [0.4, 0.5) is 0 Å². The van der Waals surface area contributed by atoms with Crippen molar-refractivity contribution in [2.45, 2.75) is 29.9 Å². The second kappa shape index (κ2) is 9.32. The van der Waals surface area contributed by atoms with Gasteiger partial charge in [-0.25, -0.2) is 8.42 Å². The quantitative estimate of drug-likeness (QED) is 0.473. The van der Waals surface area contributed by atoms with Gasteiger partial charge in [-0.05, 0) is 25.0 Å². The lowest BCUT2D eigenvalue weighted by atomic mass is 10.3. The van der Waals surface area contributed by atoms with Crippen molar-refractivity contribution in [3.8, 4) is 0 Å². The molecule has 1 aliphatic rings. The van der Waals surface area contributed by atoms with Crippen molar-refractivity contribution >= 4 is 27.6 Å². The molecule has 0 amide bonds. The Hall–Kier alpha value is -1.21. The molecule has 1 atom stereocenters. The minimum atomic E-state index is -3.20. The summed E-state index contributed by atoms with van der Waals surface area (Å²) in [5.41, 5.74) is 0. The summed E-state index contributed by atoms with van der Waals surface area (Å²) in [6.07, 6.45) is 1.73. The molecule has 0 saturated carbocycles. The molecule has 134 valence electrons. The number of nitrogens with one attached hydrogen (secondary N) is 1. The highest BCUT2D eigenvalue weighted by Gasteiger charge is 2.21. The van der Waals surface area contributed by atoms with E-state index in [0.717, 1.165) is 31.2 Å². The summed E-state index contributed by atoms with van der Waals surface area (Å²) >= 11 is 2.02. The van der Waals surface area contributed by atoms with Crippen molar-refractivity contribution in [1.82, 2.24) is 10.2 Å². The zero-order valence-corrected chi connectivity index (χ0v) is 16.1. The third-order valence-corrected chi connectivity index (χ3v) is 7.27. The van der Waals surface area contributed by atoms with Gasteiger partial charge in [-0.2, -0.15) is 11.8 Å². The van der Waals surface area contributed by atoms with Gasteiger partial charge in [0.25, 0.3) is 0 Å². The Labute approximate surface area is 149 Å². The molecule has 0 radical (unpaired) electrons. The van der Waals surface area contributed by atoms with Gasteiger partial charge in [0.1, 0.15) is 0 Å². The molecule has 1 aromatic carbocycles. The summed E-state index contributed by atoms with van der Waals surface area (Å²) in [7, 11) is -1.42. The molecule has 1 unspecified atom stereocenters. The maximum Gasteiger partial charge on any atom is 0.193 e. The molecular formula is C17H27N3O2S2. The normalized spacial score (nSPS) is 19.3. The zero-order valence-electron chi connectivity index (χ0n) is 14.4. The third-order valence-electron chi connectivity index (χ3n) is 4.08. The lowest BCUT2D eigenvalue weighted by molar-refractivity contribution is 0.408. The van der Waals surface area contributed by atoms with Crippen LogP contribution in [0, 0.1) is 0 Å². The fourth-order valence-electron chi connectivity index (χ4n) is 2.70. The van der Waals surface area contributed by atoms with E-state index in [-0.39, 0.29) is 5.75 Å². The Bertz CT molecular complexity index is 632. The van der Waals surface area contributed by atoms with E-state index in [1.807, 2.05) is 17.8 Å². The van der Waals surface area contributed by atoms with Gasteiger partial charge < -0.3 is 10.2 Å². The first-order chi connectivity index (χ1) is 11.6. The Kier molecular flexibility index (Phi) is 7.42. The highest BCUT2D eigenvalue weighted by molar-refractivity contribution is 8.00. The Morgan fingerprint density at radius 1 is 1.38 bits per heavy atom. The molecule has 0 aromatic heterocycles.